The number of rotatable bonds is 2. The molecule has 0 N–H and O–H groups in total. The Bertz CT molecular complexity index is 1070. The van der Waals surface area contributed by atoms with E-state index in [-0.39, 0.29) is 36.0 Å². The van der Waals surface area contributed by atoms with Gasteiger partial charge in [0.1, 0.15) is 6.10 Å². The van der Waals surface area contributed by atoms with Gasteiger partial charge in [-0.15, -0.1) is 6.42 Å². The minimum atomic E-state index is -0.352. The standard InChI is InChI=1S/C24H23N3O3/c1-2-10-30-25-20-21-19-15-12-18-24(8-9-26(18)13-14(15)7-11-29-21)16-5-3-4-6-17(16)27(22(19)24)23(20)28/h1,3-7,15,18-19,21-22H,8-13H2/b25-20+/t15-,18-,19-,21+,22-,24+/m0/s1. The average molecular weight is 401 g/mol. The largest absolute Gasteiger partial charge is 0.382 e. The lowest BCUT2D eigenvalue weighted by molar-refractivity contribution is -0.118. The topological polar surface area (TPSA) is 54.4 Å². The summed E-state index contributed by atoms with van der Waals surface area (Å²) in [4.78, 5) is 23.9. The maximum absolute atomic E-state index is 13.8. The monoisotopic (exact) mass is 401 g/mol. The molecule has 6 aliphatic rings. The molecular weight excluding hydrogens is 378 g/mol. The van der Waals surface area contributed by atoms with E-state index in [1.807, 2.05) is 11.0 Å². The third kappa shape index (κ3) is 1.81. The molecule has 1 aromatic rings. The van der Waals surface area contributed by atoms with E-state index < -0.39 is 0 Å². The summed E-state index contributed by atoms with van der Waals surface area (Å²) >= 11 is 0. The summed E-state index contributed by atoms with van der Waals surface area (Å²) in [6.07, 6.45) is 9.45. The van der Waals surface area contributed by atoms with Crippen LogP contribution in [0.4, 0.5) is 5.69 Å². The van der Waals surface area contributed by atoms with E-state index in [4.69, 9.17) is 16.0 Å². The van der Waals surface area contributed by atoms with E-state index >= 15 is 0 Å². The van der Waals surface area contributed by atoms with Gasteiger partial charge in [-0.25, -0.2) is 0 Å². The van der Waals surface area contributed by atoms with Crippen molar-refractivity contribution < 1.29 is 14.4 Å². The number of amides is 1. The van der Waals surface area contributed by atoms with Crippen molar-refractivity contribution in [3.8, 4) is 12.3 Å². The summed E-state index contributed by atoms with van der Waals surface area (Å²) in [5, 5.41) is 4.24. The first-order chi connectivity index (χ1) is 14.8. The zero-order valence-corrected chi connectivity index (χ0v) is 16.7. The van der Waals surface area contributed by atoms with Crippen LogP contribution in [0.15, 0.2) is 41.1 Å². The van der Waals surface area contributed by atoms with E-state index in [0.717, 1.165) is 31.6 Å². The lowest BCUT2D eigenvalue weighted by Gasteiger charge is -2.58. The molecule has 1 amide bonds. The van der Waals surface area contributed by atoms with Crippen LogP contribution in [0, 0.1) is 24.2 Å². The molecule has 5 aliphatic heterocycles. The molecule has 152 valence electrons. The lowest BCUT2D eigenvalue weighted by atomic mass is 9.53. The summed E-state index contributed by atoms with van der Waals surface area (Å²) in [6.45, 7) is 2.67. The summed E-state index contributed by atoms with van der Waals surface area (Å²) in [7, 11) is 0. The van der Waals surface area contributed by atoms with Gasteiger partial charge in [0.25, 0.3) is 5.91 Å². The number of nitrogens with zero attached hydrogens (tertiary/aromatic N) is 3. The molecule has 30 heavy (non-hydrogen) atoms. The molecule has 4 fully saturated rings. The van der Waals surface area contributed by atoms with Gasteiger partial charge in [-0.1, -0.05) is 40.9 Å². The molecule has 0 aromatic heterocycles. The van der Waals surface area contributed by atoms with Gasteiger partial charge in [0.2, 0.25) is 0 Å². The van der Waals surface area contributed by atoms with E-state index in [0.29, 0.717) is 24.3 Å². The van der Waals surface area contributed by atoms with E-state index in [2.05, 4.69) is 40.3 Å². The Labute approximate surface area is 175 Å². The number of oxime groups is 1. The molecule has 3 saturated heterocycles. The Kier molecular flexibility index (Phi) is 3.28. The highest BCUT2D eigenvalue weighted by Gasteiger charge is 2.72. The highest BCUT2D eigenvalue weighted by molar-refractivity contribution is 6.46. The van der Waals surface area contributed by atoms with Gasteiger partial charge in [-0.05, 0) is 36.9 Å². The normalized spacial score (nSPS) is 41.2. The van der Waals surface area contributed by atoms with Crippen molar-refractivity contribution in [3.63, 3.8) is 0 Å². The van der Waals surface area contributed by atoms with Crippen molar-refractivity contribution in [1.29, 1.82) is 0 Å². The molecule has 0 unspecified atom stereocenters. The van der Waals surface area contributed by atoms with Crippen LogP contribution in [0.25, 0.3) is 0 Å². The number of para-hydroxylation sites is 1. The van der Waals surface area contributed by atoms with Gasteiger partial charge in [0, 0.05) is 29.6 Å². The number of benzene rings is 1. The quantitative estimate of drug-likeness (QED) is 0.328. The van der Waals surface area contributed by atoms with Crippen molar-refractivity contribution >= 4 is 17.3 Å². The van der Waals surface area contributed by atoms with Crippen LogP contribution in [0.1, 0.15) is 18.4 Å². The second kappa shape index (κ2) is 5.75. The van der Waals surface area contributed by atoms with Crippen molar-refractivity contribution in [1.82, 2.24) is 4.90 Å². The maximum atomic E-state index is 13.8. The molecular formula is C24H23N3O3. The third-order valence-corrected chi connectivity index (χ3v) is 8.48. The molecule has 1 aromatic carbocycles. The van der Waals surface area contributed by atoms with Crippen LogP contribution < -0.4 is 4.90 Å². The first-order valence-corrected chi connectivity index (χ1v) is 10.9. The van der Waals surface area contributed by atoms with E-state index in [1.165, 1.54) is 11.1 Å². The number of piperidine rings is 2. The van der Waals surface area contributed by atoms with Crippen molar-refractivity contribution in [2.75, 3.05) is 31.2 Å². The molecule has 0 radical (unpaired) electrons. The van der Waals surface area contributed by atoms with Gasteiger partial charge in [-0.3, -0.25) is 9.69 Å². The minimum absolute atomic E-state index is 0.0178. The summed E-state index contributed by atoms with van der Waals surface area (Å²) in [5.74, 6) is 2.94. The zero-order chi connectivity index (χ0) is 20.0. The Balaban J connectivity index is 1.48. The number of ether oxygens (including phenoxy) is 1. The van der Waals surface area contributed by atoms with Gasteiger partial charge < -0.3 is 14.5 Å². The second-order valence-electron chi connectivity index (χ2n) is 9.32. The van der Waals surface area contributed by atoms with Crippen LogP contribution in [-0.4, -0.2) is 61.0 Å². The molecule has 6 atom stereocenters. The number of hydrogen-bond acceptors (Lipinski definition) is 5. The number of fused-ring (bicyclic) bond motifs is 2. The van der Waals surface area contributed by atoms with Gasteiger partial charge in [0.15, 0.2) is 12.3 Å². The Morgan fingerprint density at radius 1 is 1.37 bits per heavy atom. The minimum Gasteiger partial charge on any atom is -0.382 e. The predicted octanol–water partition coefficient (Wildman–Crippen LogP) is 1.71. The molecule has 1 saturated carbocycles. The molecule has 2 bridgehead atoms. The number of hydrogen-bond donors (Lipinski definition) is 0. The van der Waals surface area contributed by atoms with Crippen molar-refractivity contribution in [2.24, 2.45) is 17.0 Å². The summed E-state index contributed by atoms with van der Waals surface area (Å²) in [6, 6.07) is 9.08. The highest BCUT2D eigenvalue weighted by Crippen LogP contribution is 2.65. The van der Waals surface area contributed by atoms with Crippen molar-refractivity contribution in [3.05, 3.63) is 41.5 Å². The second-order valence-corrected chi connectivity index (χ2v) is 9.32. The fraction of sp³-hybridized carbons (Fsp3) is 0.500. The van der Waals surface area contributed by atoms with Gasteiger partial charge in [-0.2, -0.15) is 0 Å². The number of terminal acetylenes is 1. The Morgan fingerprint density at radius 3 is 3.17 bits per heavy atom. The van der Waals surface area contributed by atoms with Gasteiger partial charge >= 0.3 is 0 Å². The average Bonchev–Trinajstić information content (AvgIpc) is 3.23. The maximum Gasteiger partial charge on any atom is 0.279 e. The first kappa shape index (κ1) is 17.1. The number of anilines is 1. The van der Waals surface area contributed by atoms with Crippen LogP contribution >= 0.6 is 0 Å². The first-order valence-electron chi connectivity index (χ1n) is 10.9. The number of carbonyl (C=O) groups is 1. The Hall–Kier alpha value is -2.62. The zero-order valence-electron chi connectivity index (χ0n) is 16.7. The predicted molar refractivity (Wildman–Crippen MR) is 111 cm³/mol. The van der Waals surface area contributed by atoms with Crippen LogP contribution in [0.2, 0.25) is 0 Å². The summed E-state index contributed by atoms with van der Waals surface area (Å²) < 4.78 is 6.33. The molecule has 7 rings (SSSR count). The summed E-state index contributed by atoms with van der Waals surface area (Å²) in [5.41, 5.74) is 4.20. The van der Waals surface area contributed by atoms with Crippen LogP contribution in [0.3, 0.4) is 0 Å². The lowest BCUT2D eigenvalue weighted by Crippen LogP contribution is -2.71. The van der Waals surface area contributed by atoms with E-state index in [1.54, 1.807) is 0 Å². The fourth-order valence-electron chi connectivity index (χ4n) is 7.62. The van der Waals surface area contributed by atoms with E-state index in [9.17, 15) is 4.79 Å². The van der Waals surface area contributed by atoms with Crippen LogP contribution in [0.5, 0.6) is 0 Å². The highest BCUT2D eigenvalue weighted by atomic mass is 16.6. The van der Waals surface area contributed by atoms with Crippen molar-refractivity contribution in [2.45, 2.75) is 36.4 Å². The number of carbonyl (C=O) groups excluding carboxylic acids is 1. The molecule has 1 aliphatic carbocycles. The Morgan fingerprint density at radius 2 is 2.27 bits per heavy atom. The molecule has 6 nitrogen and oxygen atoms in total. The molecule has 1 spiro atoms. The third-order valence-electron chi connectivity index (χ3n) is 8.48. The van der Waals surface area contributed by atoms with Crippen LogP contribution in [-0.2, 0) is 19.8 Å². The SMILES string of the molecule is C#CCO/N=C1/C(=O)N2c3ccccc3[C@@]34CCN5CC6=CCO[C@@H]1[C@@H]([C@H]23)[C@H]6C[C@H]54. The molecule has 5 heterocycles. The van der Waals surface area contributed by atoms with Gasteiger partial charge in [0.05, 0.1) is 12.6 Å². The smallest absolute Gasteiger partial charge is 0.279 e. The molecule has 6 heteroatoms. The fourth-order valence-corrected chi connectivity index (χ4v) is 7.62.